The molecule has 6 nitrogen and oxygen atoms in total. The second-order valence-electron chi connectivity index (χ2n) is 6.51. The fourth-order valence-electron chi connectivity index (χ4n) is 3.00. The van der Waals surface area contributed by atoms with Gasteiger partial charge in [0.05, 0.1) is 6.04 Å². The average Bonchev–Trinajstić information content (AvgIpc) is 2.18. The second kappa shape index (κ2) is 4.52. The molecule has 2 aliphatic heterocycles. The molecule has 0 aromatic rings. The topological polar surface area (TPSA) is 78.2 Å². The van der Waals surface area contributed by atoms with Crippen LogP contribution in [-0.4, -0.2) is 29.0 Å². The van der Waals surface area contributed by atoms with E-state index in [4.69, 9.17) is 0 Å². The lowest BCUT2D eigenvalue weighted by molar-refractivity contribution is 0.164. The molecule has 0 aromatic carbocycles. The van der Waals surface area contributed by atoms with Gasteiger partial charge in [-0.05, 0) is 40.5 Å². The Labute approximate surface area is 113 Å². The third-order valence-electron chi connectivity index (χ3n) is 3.24. The van der Waals surface area contributed by atoms with Crippen LogP contribution in [0.3, 0.4) is 0 Å². The quantitative estimate of drug-likeness (QED) is 0.762. The Kier molecular flexibility index (Phi) is 3.30. The van der Waals surface area contributed by atoms with Crippen LogP contribution in [0.15, 0.2) is 27.5 Å². The third-order valence-corrected chi connectivity index (χ3v) is 3.24. The molecule has 0 unspecified atom stereocenters. The number of nitrogens with one attached hydrogen (secondary N) is 2. The van der Waals surface area contributed by atoms with Crippen LogP contribution in [0, 0.1) is 0 Å². The lowest BCUT2D eigenvalue weighted by atomic mass is 9.80. The van der Waals surface area contributed by atoms with E-state index in [-0.39, 0.29) is 17.1 Å². The van der Waals surface area contributed by atoms with Gasteiger partial charge in [-0.1, -0.05) is 11.7 Å². The predicted octanol–water partition coefficient (Wildman–Crippen LogP) is 2.38. The van der Waals surface area contributed by atoms with Gasteiger partial charge in [-0.2, -0.15) is 0 Å². The van der Waals surface area contributed by atoms with Gasteiger partial charge < -0.3 is 5.32 Å². The summed E-state index contributed by atoms with van der Waals surface area (Å²) in [7, 11) is 0. The zero-order valence-electron chi connectivity index (χ0n) is 11.9. The summed E-state index contributed by atoms with van der Waals surface area (Å²) in [4.78, 5) is 15.8. The van der Waals surface area contributed by atoms with Crippen molar-refractivity contribution < 1.29 is 4.79 Å². The number of rotatable bonds is 1. The van der Waals surface area contributed by atoms with E-state index in [0.29, 0.717) is 11.5 Å². The van der Waals surface area contributed by atoms with Crippen molar-refractivity contribution in [2.24, 2.45) is 15.2 Å². The smallest absolute Gasteiger partial charge is 0.307 e. The summed E-state index contributed by atoms with van der Waals surface area (Å²) >= 11 is 0. The molecule has 0 aromatic heterocycles. The highest BCUT2D eigenvalue weighted by Gasteiger charge is 2.38. The molecule has 0 spiro atoms. The van der Waals surface area contributed by atoms with Crippen LogP contribution in [0.5, 0.6) is 0 Å². The van der Waals surface area contributed by atoms with Crippen molar-refractivity contribution >= 4 is 11.9 Å². The molecular weight excluding hydrogens is 242 g/mol. The molecule has 0 saturated carbocycles. The SMILES string of the molecule is C=C1N=NC(=O)NC1=NC1CC(C)(C)NC(C)(C)C1. The molecule has 2 heterocycles. The zero-order valence-corrected chi connectivity index (χ0v) is 11.9. The minimum atomic E-state index is -0.487. The van der Waals surface area contributed by atoms with Crippen LogP contribution in [0.2, 0.25) is 0 Å². The van der Waals surface area contributed by atoms with Gasteiger partial charge in [0.1, 0.15) is 5.70 Å². The van der Waals surface area contributed by atoms with Crippen LogP contribution < -0.4 is 10.6 Å². The first-order valence-corrected chi connectivity index (χ1v) is 6.46. The van der Waals surface area contributed by atoms with E-state index < -0.39 is 6.03 Å². The van der Waals surface area contributed by atoms with Crippen LogP contribution in [0.4, 0.5) is 4.79 Å². The van der Waals surface area contributed by atoms with E-state index in [1.807, 2.05) is 0 Å². The molecule has 1 fully saturated rings. The number of amides is 2. The Bertz CT molecular complexity index is 459. The van der Waals surface area contributed by atoms with Crippen molar-refractivity contribution in [3.8, 4) is 0 Å². The first kappa shape index (κ1) is 13.9. The first-order chi connectivity index (χ1) is 8.67. The number of carbonyl (C=O) groups is 1. The normalized spacial score (nSPS) is 28.5. The van der Waals surface area contributed by atoms with Crippen molar-refractivity contribution in [2.75, 3.05) is 0 Å². The maximum absolute atomic E-state index is 11.2. The first-order valence-electron chi connectivity index (χ1n) is 6.46. The maximum Gasteiger partial charge on any atom is 0.365 e. The Balaban J connectivity index is 2.20. The maximum atomic E-state index is 11.2. The van der Waals surface area contributed by atoms with Crippen molar-refractivity contribution in [1.82, 2.24) is 10.6 Å². The monoisotopic (exact) mass is 263 g/mol. The summed E-state index contributed by atoms with van der Waals surface area (Å²) < 4.78 is 0. The lowest BCUT2D eigenvalue weighted by Gasteiger charge is -2.45. The number of amidine groups is 1. The van der Waals surface area contributed by atoms with Crippen LogP contribution in [-0.2, 0) is 0 Å². The number of urea groups is 1. The number of hydrogen-bond acceptors (Lipinski definition) is 4. The van der Waals surface area contributed by atoms with Gasteiger partial charge in [0.25, 0.3) is 0 Å². The van der Waals surface area contributed by atoms with Gasteiger partial charge in [0.15, 0.2) is 5.84 Å². The Morgan fingerprint density at radius 2 is 1.79 bits per heavy atom. The standard InChI is InChI=1S/C13H21N5O/c1-8-10(15-11(19)17-16-8)14-9-6-12(2,3)18-13(4,5)7-9/h9,18H,1,6-7H2,2-5H3,(H,14,15,19). The van der Waals surface area contributed by atoms with Crippen molar-refractivity contribution in [3.63, 3.8) is 0 Å². The minimum absolute atomic E-state index is 0.0119. The summed E-state index contributed by atoms with van der Waals surface area (Å²) in [6.45, 7) is 12.4. The summed E-state index contributed by atoms with van der Waals surface area (Å²) in [5.41, 5.74) is 0.435. The minimum Gasteiger partial charge on any atom is -0.307 e. The largest absolute Gasteiger partial charge is 0.365 e. The number of nitrogens with zero attached hydrogens (tertiary/aromatic N) is 3. The molecule has 19 heavy (non-hydrogen) atoms. The number of piperidine rings is 1. The summed E-state index contributed by atoms with van der Waals surface area (Å²) in [5.74, 6) is 0.443. The molecule has 2 N–H and O–H groups in total. The van der Waals surface area contributed by atoms with Gasteiger partial charge in [0.2, 0.25) is 0 Å². The Morgan fingerprint density at radius 1 is 1.21 bits per heavy atom. The molecule has 2 aliphatic rings. The fourth-order valence-corrected chi connectivity index (χ4v) is 3.00. The predicted molar refractivity (Wildman–Crippen MR) is 74.3 cm³/mol. The number of azo groups is 1. The Morgan fingerprint density at radius 3 is 2.37 bits per heavy atom. The molecule has 1 saturated heterocycles. The van der Waals surface area contributed by atoms with Gasteiger partial charge in [-0.15, -0.1) is 5.11 Å². The van der Waals surface area contributed by atoms with Crippen molar-refractivity contribution in [2.45, 2.75) is 57.7 Å². The average molecular weight is 263 g/mol. The van der Waals surface area contributed by atoms with Gasteiger partial charge in [-0.3, -0.25) is 10.3 Å². The number of aliphatic imine (C=N–C) groups is 1. The van der Waals surface area contributed by atoms with E-state index in [9.17, 15) is 4.79 Å². The molecule has 6 heteroatoms. The highest BCUT2D eigenvalue weighted by molar-refractivity contribution is 6.08. The fraction of sp³-hybridized carbons (Fsp3) is 0.692. The number of carbonyl (C=O) groups excluding carboxylic acids is 1. The molecule has 0 aliphatic carbocycles. The van der Waals surface area contributed by atoms with E-state index in [1.54, 1.807) is 0 Å². The van der Waals surface area contributed by atoms with Gasteiger partial charge >= 0.3 is 6.03 Å². The summed E-state index contributed by atoms with van der Waals surface area (Å²) in [6.07, 6.45) is 1.81. The van der Waals surface area contributed by atoms with Crippen molar-refractivity contribution in [1.29, 1.82) is 0 Å². The molecular formula is C13H21N5O. The lowest BCUT2D eigenvalue weighted by Crippen LogP contribution is -2.59. The van der Waals surface area contributed by atoms with Crippen molar-refractivity contribution in [3.05, 3.63) is 12.3 Å². The van der Waals surface area contributed by atoms with E-state index >= 15 is 0 Å². The van der Waals surface area contributed by atoms with Crippen LogP contribution in [0.1, 0.15) is 40.5 Å². The van der Waals surface area contributed by atoms with E-state index in [1.165, 1.54) is 0 Å². The van der Waals surface area contributed by atoms with Crippen LogP contribution in [0.25, 0.3) is 0 Å². The third kappa shape index (κ3) is 3.47. The molecule has 0 atom stereocenters. The second-order valence-corrected chi connectivity index (χ2v) is 6.51. The molecule has 0 bridgehead atoms. The van der Waals surface area contributed by atoms with Crippen LogP contribution >= 0.6 is 0 Å². The zero-order chi connectivity index (χ0) is 14.3. The van der Waals surface area contributed by atoms with E-state index in [2.05, 4.69) is 60.1 Å². The highest BCUT2D eigenvalue weighted by Crippen LogP contribution is 2.30. The van der Waals surface area contributed by atoms with E-state index in [0.717, 1.165) is 12.8 Å². The summed E-state index contributed by atoms with van der Waals surface area (Å²) in [6, 6.07) is -0.356. The summed E-state index contributed by atoms with van der Waals surface area (Å²) in [5, 5.41) is 13.3. The molecule has 2 rings (SSSR count). The molecule has 2 amide bonds. The highest BCUT2D eigenvalue weighted by atomic mass is 16.2. The van der Waals surface area contributed by atoms with Gasteiger partial charge in [-0.25, -0.2) is 4.79 Å². The number of hydrogen-bond donors (Lipinski definition) is 2. The Hall–Kier alpha value is -1.56. The van der Waals surface area contributed by atoms with Gasteiger partial charge in [0, 0.05) is 11.1 Å². The molecule has 0 radical (unpaired) electrons. The molecule has 104 valence electrons.